The van der Waals surface area contributed by atoms with Gasteiger partial charge in [0.1, 0.15) is 12.4 Å². The molecule has 0 bridgehead atoms. The molecular formula is C23H18ClFN6OS. The van der Waals surface area contributed by atoms with Crippen LogP contribution in [0.1, 0.15) is 11.3 Å². The number of nitrogens with one attached hydrogen (secondary N) is 1. The van der Waals surface area contributed by atoms with Gasteiger partial charge in [-0.3, -0.25) is 9.48 Å². The lowest BCUT2D eigenvalue weighted by Crippen LogP contribution is -2.19. The third kappa shape index (κ3) is 4.37. The smallest absolute Gasteiger partial charge is 0.246 e. The van der Waals surface area contributed by atoms with Crippen LogP contribution in [0.15, 0.2) is 60.4 Å². The number of nitrogens with zero attached hydrogens (tertiary/aromatic N) is 5. The van der Waals surface area contributed by atoms with E-state index in [-0.39, 0.29) is 12.5 Å². The molecule has 0 aliphatic carbocycles. The number of hydrogen-bond donors (Lipinski definition) is 1. The Morgan fingerprint density at radius 3 is 2.94 bits per heavy atom. The fourth-order valence-corrected chi connectivity index (χ4v) is 4.69. The molecule has 5 rings (SSSR count). The van der Waals surface area contributed by atoms with Crippen LogP contribution in [0.5, 0.6) is 0 Å². The second kappa shape index (κ2) is 8.76. The van der Waals surface area contributed by atoms with Crippen LogP contribution in [-0.2, 0) is 17.9 Å². The molecule has 166 valence electrons. The molecule has 0 aliphatic rings. The number of benzene rings is 1. The number of carbonyl (C=O) groups is 1. The number of amides is 1. The standard InChI is InChI=1S/C23H18ClFN6OS/c1-14-22-18(20-3-2-8-33-20)6-7-26-23(22)31(29-14)13-21(32)28-17-10-27-30(12-17)11-15-4-5-16(25)9-19(15)24/h2-10,12H,11,13H2,1H3,(H,28,32). The third-order valence-electron chi connectivity index (χ3n) is 5.15. The topological polar surface area (TPSA) is 77.6 Å². The molecule has 0 aliphatic heterocycles. The maximum atomic E-state index is 13.2. The number of fused-ring (bicyclic) bond motifs is 1. The van der Waals surface area contributed by atoms with Crippen LogP contribution >= 0.6 is 22.9 Å². The van der Waals surface area contributed by atoms with Gasteiger partial charge in [-0.2, -0.15) is 10.2 Å². The highest BCUT2D eigenvalue weighted by Crippen LogP contribution is 2.32. The van der Waals surface area contributed by atoms with Crippen molar-refractivity contribution in [3.05, 3.63) is 82.5 Å². The highest BCUT2D eigenvalue weighted by molar-refractivity contribution is 7.13. The van der Waals surface area contributed by atoms with Crippen molar-refractivity contribution in [1.29, 1.82) is 0 Å². The zero-order chi connectivity index (χ0) is 22.9. The number of carbonyl (C=O) groups excluding carboxylic acids is 1. The summed E-state index contributed by atoms with van der Waals surface area (Å²) >= 11 is 7.74. The van der Waals surface area contributed by atoms with Gasteiger partial charge in [0.05, 0.1) is 29.5 Å². The largest absolute Gasteiger partial charge is 0.322 e. The molecule has 33 heavy (non-hydrogen) atoms. The van der Waals surface area contributed by atoms with Gasteiger partial charge in [0.25, 0.3) is 0 Å². The van der Waals surface area contributed by atoms with Crippen LogP contribution in [0.3, 0.4) is 0 Å². The Balaban J connectivity index is 1.31. The first-order valence-corrected chi connectivity index (χ1v) is 11.4. The fraction of sp³-hybridized carbons (Fsp3) is 0.130. The zero-order valence-corrected chi connectivity index (χ0v) is 19.1. The van der Waals surface area contributed by atoms with Crippen molar-refractivity contribution in [1.82, 2.24) is 24.5 Å². The highest BCUT2D eigenvalue weighted by atomic mass is 35.5. The molecule has 0 atom stereocenters. The monoisotopic (exact) mass is 480 g/mol. The van der Waals surface area contributed by atoms with Crippen LogP contribution < -0.4 is 5.32 Å². The van der Waals surface area contributed by atoms with Gasteiger partial charge in [0, 0.05) is 27.9 Å². The molecule has 5 aromatic rings. The minimum Gasteiger partial charge on any atom is -0.322 e. The van der Waals surface area contributed by atoms with Gasteiger partial charge >= 0.3 is 0 Å². The Labute approximate surface area is 197 Å². The lowest BCUT2D eigenvalue weighted by Gasteiger charge is -2.05. The van der Waals surface area contributed by atoms with Gasteiger partial charge in [0.15, 0.2) is 5.65 Å². The molecule has 0 radical (unpaired) electrons. The minimum atomic E-state index is -0.393. The quantitative estimate of drug-likeness (QED) is 0.365. The van der Waals surface area contributed by atoms with Crippen LogP contribution in [-0.4, -0.2) is 30.5 Å². The van der Waals surface area contributed by atoms with Crippen LogP contribution in [0.2, 0.25) is 5.02 Å². The van der Waals surface area contributed by atoms with Crippen molar-refractivity contribution in [3.8, 4) is 10.4 Å². The van der Waals surface area contributed by atoms with E-state index >= 15 is 0 Å². The van der Waals surface area contributed by atoms with Crippen LogP contribution in [0.25, 0.3) is 21.5 Å². The van der Waals surface area contributed by atoms with E-state index in [1.54, 1.807) is 45.4 Å². The van der Waals surface area contributed by atoms with Gasteiger partial charge in [-0.1, -0.05) is 23.7 Å². The molecule has 1 N–H and O–H groups in total. The number of aryl methyl sites for hydroxylation is 1. The average Bonchev–Trinajstić information content (AvgIpc) is 3.52. The maximum absolute atomic E-state index is 13.2. The van der Waals surface area contributed by atoms with E-state index in [2.05, 4.69) is 26.6 Å². The molecule has 0 saturated carbocycles. The predicted molar refractivity (Wildman–Crippen MR) is 127 cm³/mol. The van der Waals surface area contributed by atoms with Gasteiger partial charge in [-0.05, 0) is 42.1 Å². The Morgan fingerprint density at radius 1 is 1.27 bits per heavy atom. The molecule has 0 spiro atoms. The minimum absolute atomic E-state index is 0.0141. The Hall–Kier alpha value is -3.56. The van der Waals surface area contributed by atoms with E-state index in [4.69, 9.17) is 11.6 Å². The summed E-state index contributed by atoms with van der Waals surface area (Å²) in [5.74, 6) is -0.641. The lowest BCUT2D eigenvalue weighted by atomic mass is 10.1. The molecule has 0 unspecified atom stereocenters. The van der Waals surface area contributed by atoms with Crippen molar-refractivity contribution in [2.75, 3.05) is 5.32 Å². The number of halogens is 2. The first kappa shape index (κ1) is 21.3. The first-order valence-electron chi connectivity index (χ1n) is 10.1. The number of aromatic nitrogens is 5. The molecule has 10 heteroatoms. The van der Waals surface area contributed by atoms with Crippen molar-refractivity contribution in [2.24, 2.45) is 0 Å². The van der Waals surface area contributed by atoms with Crippen molar-refractivity contribution in [3.63, 3.8) is 0 Å². The molecular weight excluding hydrogens is 463 g/mol. The van der Waals surface area contributed by atoms with E-state index in [1.807, 2.05) is 24.4 Å². The molecule has 7 nitrogen and oxygen atoms in total. The second-order valence-electron chi connectivity index (χ2n) is 7.49. The van der Waals surface area contributed by atoms with E-state index in [0.717, 1.165) is 27.1 Å². The lowest BCUT2D eigenvalue weighted by molar-refractivity contribution is -0.116. The summed E-state index contributed by atoms with van der Waals surface area (Å²) in [4.78, 5) is 18.3. The highest BCUT2D eigenvalue weighted by Gasteiger charge is 2.16. The Kier molecular flexibility index (Phi) is 5.65. The first-order chi connectivity index (χ1) is 16.0. The van der Waals surface area contributed by atoms with E-state index in [0.29, 0.717) is 22.9 Å². The summed E-state index contributed by atoms with van der Waals surface area (Å²) in [6.07, 6.45) is 4.98. The van der Waals surface area contributed by atoms with E-state index in [1.165, 1.54) is 12.1 Å². The molecule has 4 aromatic heterocycles. The third-order valence-corrected chi connectivity index (χ3v) is 6.41. The summed E-state index contributed by atoms with van der Waals surface area (Å²) in [5.41, 5.74) is 3.80. The van der Waals surface area contributed by atoms with Crippen molar-refractivity contribution >= 4 is 45.6 Å². The molecule has 0 fully saturated rings. The SMILES string of the molecule is Cc1nn(CC(=O)Nc2cnn(Cc3ccc(F)cc3Cl)c2)c2nccc(-c3cccs3)c12. The number of anilines is 1. The van der Waals surface area contributed by atoms with E-state index in [9.17, 15) is 9.18 Å². The molecule has 1 amide bonds. The molecule has 1 aromatic carbocycles. The molecule has 4 heterocycles. The molecule has 0 saturated heterocycles. The number of thiophene rings is 1. The second-order valence-corrected chi connectivity index (χ2v) is 8.84. The predicted octanol–water partition coefficient (Wildman–Crippen LogP) is 5.14. The van der Waals surface area contributed by atoms with Crippen molar-refractivity contribution < 1.29 is 9.18 Å². The fourth-order valence-electron chi connectivity index (χ4n) is 3.70. The average molecular weight is 481 g/mol. The number of hydrogen-bond acceptors (Lipinski definition) is 5. The number of pyridine rings is 1. The van der Waals surface area contributed by atoms with Crippen molar-refractivity contribution in [2.45, 2.75) is 20.0 Å². The van der Waals surface area contributed by atoms with Crippen LogP contribution in [0, 0.1) is 12.7 Å². The summed E-state index contributed by atoms with van der Waals surface area (Å²) in [7, 11) is 0. The zero-order valence-electron chi connectivity index (χ0n) is 17.5. The number of rotatable bonds is 6. The van der Waals surface area contributed by atoms with Gasteiger partial charge in [-0.25, -0.2) is 14.1 Å². The van der Waals surface area contributed by atoms with Crippen LogP contribution in [0.4, 0.5) is 10.1 Å². The maximum Gasteiger partial charge on any atom is 0.246 e. The van der Waals surface area contributed by atoms with E-state index < -0.39 is 5.82 Å². The Bertz CT molecular complexity index is 1460. The van der Waals surface area contributed by atoms with Gasteiger partial charge in [-0.15, -0.1) is 11.3 Å². The summed E-state index contributed by atoms with van der Waals surface area (Å²) in [6.45, 7) is 2.29. The summed E-state index contributed by atoms with van der Waals surface area (Å²) in [6, 6.07) is 10.2. The normalized spacial score (nSPS) is 11.2. The Morgan fingerprint density at radius 2 is 2.15 bits per heavy atom. The van der Waals surface area contributed by atoms with Gasteiger partial charge in [0.2, 0.25) is 5.91 Å². The summed E-state index contributed by atoms with van der Waals surface area (Å²) < 4.78 is 16.5. The summed E-state index contributed by atoms with van der Waals surface area (Å²) in [5, 5.41) is 14.9. The van der Waals surface area contributed by atoms with Gasteiger partial charge < -0.3 is 5.32 Å².